The third-order valence-electron chi connectivity index (χ3n) is 8.73. The van der Waals surface area contributed by atoms with Crippen LogP contribution in [0.15, 0.2) is 36.4 Å². The fraction of sp³-hybridized carbons (Fsp3) is 0.459. The van der Waals surface area contributed by atoms with E-state index in [-0.39, 0.29) is 43.8 Å². The van der Waals surface area contributed by atoms with E-state index in [1.54, 1.807) is 6.07 Å². The van der Waals surface area contributed by atoms with E-state index in [1.165, 1.54) is 0 Å². The number of benzene rings is 2. The zero-order valence-corrected chi connectivity index (χ0v) is 28.8. The van der Waals surface area contributed by atoms with Crippen LogP contribution in [0.4, 0.5) is 5.82 Å². The van der Waals surface area contributed by atoms with Gasteiger partial charge in [-0.15, -0.1) is 5.06 Å². The second kappa shape index (κ2) is 17.1. The monoisotopic (exact) mass is 686 g/mol. The fourth-order valence-corrected chi connectivity index (χ4v) is 6.02. The highest BCUT2D eigenvalue weighted by Crippen LogP contribution is 2.31. The number of imide groups is 1. The van der Waals surface area contributed by atoms with Gasteiger partial charge in [0.05, 0.1) is 11.0 Å². The number of nitrogen functional groups attached to an aromatic ring is 1. The van der Waals surface area contributed by atoms with Crippen LogP contribution in [0.2, 0.25) is 0 Å². The Balaban J connectivity index is 1.07. The first-order valence-electron chi connectivity index (χ1n) is 17.4. The molecule has 0 spiro atoms. The molecular weight excluding hydrogens is 640 g/mol. The first kappa shape index (κ1) is 36.2. The number of amides is 3. The van der Waals surface area contributed by atoms with Crippen molar-refractivity contribution in [3.63, 3.8) is 0 Å². The number of aromatic nitrogens is 3. The standard InChI is InChI=1S/C37H46N6O7/c1-3-4-9-30-41-35-36(42(30)23-26-13-15-29(44)24(2)21-26)27-14-12-25(22-28(27)40-37(35)38)8-6-19-49-20-7-18-39-31(45)10-5-11-34(48)50-43-32(46)16-17-33(43)47/h12-15,21-22,44H,3-11,16-20,23H2,1-2H3,(H2,38,40)(H,39,45). The van der Waals surface area contributed by atoms with Crippen molar-refractivity contribution in [1.29, 1.82) is 0 Å². The molecule has 0 atom stereocenters. The number of aromatic hydroxyl groups is 1. The molecule has 50 heavy (non-hydrogen) atoms. The molecule has 4 aromatic rings. The Morgan fingerprint density at radius 3 is 2.46 bits per heavy atom. The number of imidazole rings is 1. The number of nitrogens with one attached hydrogen (secondary N) is 1. The van der Waals surface area contributed by atoms with Gasteiger partial charge in [0, 0.05) is 63.8 Å². The smallest absolute Gasteiger partial charge is 0.333 e. The second-order valence-electron chi connectivity index (χ2n) is 12.7. The molecule has 1 saturated heterocycles. The number of hydrogen-bond donors (Lipinski definition) is 3. The zero-order valence-electron chi connectivity index (χ0n) is 28.8. The van der Waals surface area contributed by atoms with Crippen molar-refractivity contribution >= 4 is 51.4 Å². The minimum absolute atomic E-state index is 0.0399. The van der Waals surface area contributed by atoms with Gasteiger partial charge in [-0.3, -0.25) is 14.4 Å². The quantitative estimate of drug-likeness (QED) is 0.0972. The summed E-state index contributed by atoms with van der Waals surface area (Å²) in [7, 11) is 0. The number of pyridine rings is 1. The molecule has 3 amide bonds. The molecule has 0 bridgehead atoms. The third kappa shape index (κ3) is 9.14. The topological polar surface area (TPSA) is 179 Å². The number of ether oxygens (including phenoxy) is 1. The number of phenols is 1. The lowest BCUT2D eigenvalue weighted by atomic mass is 10.1. The van der Waals surface area contributed by atoms with E-state index in [4.69, 9.17) is 25.3 Å². The lowest BCUT2D eigenvalue weighted by Gasteiger charge is -2.13. The van der Waals surface area contributed by atoms with Crippen LogP contribution in [0.3, 0.4) is 0 Å². The van der Waals surface area contributed by atoms with Gasteiger partial charge < -0.3 is 30.3 Å². The predicted octanol–water partition coefficient (Wildman–Crippen LogP) is 4.80. The van der Waals surface area contributed by atoms with Crippen molar-refractivity contribution in [3.8, 4) is 5.75 Å². The van der Waals surface area contributed by atoms with E-state index in [2.05, 4.69) is 35.0 Å². The maximum absolute atomic E-state index is 12.1. The number of aryl methyl sites for hydroxylation is 3. The van der Waals surface area contributed by atoms with E-state index in [1.807, 2.05) is 19.1 Å². The molecule has 0 unspecified atom stereocenters. The number of rotatable bonds is 18. The summed E-state index contributed by atoms with van der Waals surface area (Å²) in [5.74, 6) is -0.290. The van der Waals surface area contributed by atoms with Crippen molar-refractivity contribution in [2.24, 2.45) is 0 Å². The number of anilines is 1. The molecule has 0 radical (unpaired) electrons. The summed E-state index contributed by atoms with van der Waals surface area (Å²) in [6, 6.07) is 12.0. The Hall–Kier alpha value is -5.04. The fourth-order valence-electron chi connectivity index (χ4n) is 6.02. The number of fused-ring (bicyclic) bond motifs is 3. The summed E-state index contributed by atoms with van der Waals surface area (Å²) in [6.07, 6.45) is 5.58. The van der Waals surface area contributed by atoms with Crippen molar-refractivity contribution < 1.29 is 33.9 Å². The van der Waals surface area contributed by atoms with Gasteiger partial charge in [-0.1, -0.05) is 37.6 Å². The maximum Gasteiger partial charge on any atom is 0.333 e. The van der Waals surface area contributed by atoms with Gasteiger partial charge in [-0.25, -0.2) is 14.8 Å². The predicted molar refractivity (Wildman–Crippen MR) is 188 cm³/mol. The van der Waals surface area contributed by atoms with Crippen molar-refractivity contribution in [2.45, 2.75) is 91.0 Å². The van der Waals surface area contributed by atoms with Gasteiger partial charge in [0.2, 0.25) is 5.91 Å². The summed E-state index contributed by atoms with van der Waals surface area (Å²) in [6.45, 7) is 6.20. The summed E-state index contributed by atoms with van der Waals surface area (Å²) in [5, 5.41) is 14.4. The normalized spacial score (nSPS) is 13.1. The molecule has 0 aliphatic carbocycles. The average molecular weight is 687 g/mol. The molecular formula is C37H46N6O7. The van der Waals surface area contributed by atoms with Gasteiger partial charge >= 0.3 is 5.97 Å². The largest absolute Gasteiger partial charge is 0.508 e. The van der Waals surface area contributed by atoms with Crippen molar-refractivity contribution in [2.75, 3.05) is 25.5 Å². The van der Waals surface area contributed by atoms with E-state index in [0.29, 0.717) is 49.1 Å². The molecule has 0 saturated carbocycles. The summed E-state index contributed by atoms with van der Waals surface area (Å²) >= 11 is 0. The van der Waals surface area contributed by atoms with Crippen LogP contribution in [0.25, 0.3) is 21.9 Å². The minimum atomic E-state index is -0.711. The van der Waals surface area contributed by atoms with Gasteiger partial charge in [0.15, 0.2) is 5.82 Å². The first-order chi connectivity index (χ1) is 24.1. The molecule has 3 heterocycles. The Morgan fingerprint density at radius 2 is 1.70 bits per heavy atom. The van der Waals surface area contributed by atoms with Crippen LogP contribution >= 0.6 is 0 Å². The molecule has 13 nitrogen and oxygen atoms in total. The summed E-state index contributed by atoms with van der Waals surface area (Å²) in [5.41, 5.74) is 12.0. The number of unbranched alkanes of at least 4 members (excludes halogenated alkanes) is 1. The minimum Gasteiger partial charge on any atom is -0.508 e. The zero-order chi connectivity index (χ0) is 35.6. The van der Waals surface area contributed by atoms with Crippen LogP contribution < -0.4 is 11.1 Å². The van der Waals surface area contributed by atoms with E-state index in [9.17, 15) is 24.3 Å². The molecule has 2 aromatic heterocycles. The molecule has 2 aromatic carbocycles. The van der Waals surface area contributed by atoms with Crippen LogP contribution in [-0.2, 0) is 48.1 Å². The molecule has 1 fully saturated rings. The highest BCUT2D eigenvalue weighted by atomic mass is 16.7. The number of nitrogens with zero attached hydrogens (tertiary/aromatic N) is 4. The van der Waals surface area contributed by atoms with Crippen LogP contribution in [-0.4, -0.2) is 68.2 Å². The van der Waals surface area contributed by atoms with Crippen LogP contribution in [0.5, 0.6) is 5.75 Å². The molecule has 1 aliphatic rings. The molecule has 266 valence electrons. The van der Waals surface area contributed by atoms with Gasteiger partial charge in [-0.2, -0.15) is 0 Å². The summed E-state index contributed by atoms with van der Waals surface area (Å²) < 4.78 is 8.03. The van der Waals surface area contributed by atoms with Crippen LogP contribution in [0, 0.1) is 6.92 Å². The first-order valence-corrected chi connectivity index (χ1v) is 17.4. The van der Waals surface area contributed by atoms with E-state index < -0.39 is 17.8 Å². The van der Waals surface area contributed by atoms with E-state index >= 15 is 0 Å². The number of nitrogens with two attached hydrogens (primary N) is 1. The highest BCUT2D eigenvalue weighted by Gasteiger charge is 2.32. The summed E-state index contributed by atoms with van der Waals surface area (Å²) in [4.78, 5) is 61.4. The number of phenolic OH excluding ortho intramolecular Hbond substituents is 1. The van der Waals surface area contributed by atoms with Crippen LogP contribution in [0.1, 0.15) is 87.2 Å². The van der Waals surface area contributed by atoms with Gasteiger partial charge in [0.25, 0.3) is 11.8 Å². The van der Waals surface area contributed by atoms with Gasteiger partial charge in [-0.05, 0) is 67.9 Å². The van der Waals surface area contributed by atoms with Crippen molar-refractivity contribution in [3.05, 3.63) is 58.9 Å². The Morgan fingerprint density at radius 1 is 0.940 bits per heavy atom. The van der Waals surface area contributed by atoms with E-state index in [0.717, 1.165) is 71.0 Å². The molecule has 4 N–H and O–H groups in total. The Bertz CT molecular complexity index is 1850. The highest BCUT2D eigenvalue weighted by molar-refractivity contribution is 6.07. The number of carbonyl (C=O) groups excluding carboxylic acids is 4. The number of hydroxylamine groups is 2. The average Bonchev–Trinajstić information content (AvgIpc) is 3.61. The lowest BCUT2D eigenvalue weighted by molar-refractivity contribution is -0.197. The lowest BCUT2D eigenvalue weighted by Crippen LogP contribution is -2.32. The number of hydrogen-bond acceptors (Lipinski definition) is 10. The Labute approximate surface area is 291 Å². The maximum atomic E-state index is 12.1. The molecule has 1 aliphatic heterocycles. The molecule has 13 heteroatoms. The Kier molecular flexibility index (Phi) is 12.4. The van der Waals surface area contributed by atoms with Crippen molar-refractivity contribution in [1.82, 2.24) is 24.9 Å². The second-order valence-corrected chi connectivity index (χ2v) is 12.7. The molecule has 5 rings (SSSR count). The SMILES string of the molecule is CCCCc1nc2c(N)nc3cc(CCCOCCCNC(=O)CCCC(=O)ON4C(=O)CCC4=O)ccc3c2n1Cc1ccc(O)c(C)c1. The number of carbonyl (C=O) groups is 4. The third-order valence-corrected chi connectivity index (χ3v) is 8.73. The van der Waals surface area contributed by atoms with Gasteiger partial charge in [0.1, 0.15) is 17.1 Å².